The van der Waals surface area contributed by atoms with Gasteiger partial charge in [-0.15, -0.1) is 0 Å². The fourth-order valence-corrected chi connectivity index (χ4v) is 3.96. The Bertz CT molecular complexity index is 423. The van der Waals surface area contributed by atoms with Crippen LogP contribution in [0, 0.1) is 12.3 Å². The Kier molecular flexibility index (Phi) is 3.63. The molecule has 0 saturated heterocycles. The van der Waals surface area contributed by atoms with Gasteiger partial charge in [0.1, 0.15) is 0 Å². The molecule has 0 aromatic carbocycles. The Morgan fingerprint density at radius 1 is 1.47 bits per heavy atom. The fourth-order valence-electron chi connectivity index (χ4n) is 3.96. The van der Waals surface area contributed by atoms with Gasteiger partial charge >= 0.3 is 0 Å². The van der Waals surface area contributed by atoms with Gasteiger partial charge in [-0.3, -0.25) is 5.10 Å². The summed E-state index contributed by atoms with van der Waals surface area (Å²) >= 11 is 0. The van der Waals surface area contributed by atoms with Gasteiger partial charge in [-0.05, 0) is 33.1 Å². The lowest BCUT2D eigenvalue weighted by molar-refractivity contribution is -0.130. The summed E-state index contributed by atoms with van der Waals surface area (Å²) in [5.74, 6) is 0. The summed E-state index contributed by atoms with van der Waals surface area (Å²) in [4.78, 5) is 0. The normalized spacial score (nSPS) is 28.7. The van der Waals surface area contributed by atoms with Crippen molar-refractivity contribution in [3.8, 4) is 0 Å². The first-order chi connectivity index (χ1) is 9.26. The van der Waals surface area contributed by atoms with E-state index in [1.165, 1.54) is 43.4 Å². The van der Waals surface area contributed by atoms with Gasteiger partial charge in [0.05, 0.1) is 12.3 Å². The maximum atomic E-state index is 5.95. The average Bonchev–Trinajstić information content (AvgIpc) is 3.03. The molecule has 0 bridgehead atoms. The molecule has 1 aromatic rings. The van der Waals surface area contributed by atoms with Gasteiger partial charge < -0.3 is 10.1 Å². The lowest BCUT2D eigenvalue weighted by atomic mass is 9.60. The third-order valence-corrected chi connectivity index (χ3v) is 5.16. The standard InChI is InChI=1S/C15H25N3O/c1-3-19-14-8-13(15(14)6-4-5-7-15)16-9-12-10-17-18-11(12)2/h10,13-14,16H,3-9H2,1-2H3,(H,17,18)/t13-,14-/m0/s1. The molecule has 2 aliphatic rings. The number of ether oxygens (including phenoxy) is 1. The average molecular weight is 263 g/mol. The summed E-state index contributed by atoms with van der Waals surface area (Å²) in [6.07, 6.45) is 8.99. The highest BCUT2D eigenvalue weighted by Crippen LogP contribution is 2.54. The first kappa shape index (κ1) is 13.1. The lowest BCUT2D eigenvalue weighted by Gasteiger charge is -2.54. The van der Waals surface area contributed by atoms with E-state index in [4.69, 9.17) is 4.74 Å². The van der Waals surface area contributed by atoms with E-state index in [2.05, 4.69) is 29.4 Å². The number of rotatable bonds is 5. The van der Waals surface area contributed by atoms with Crippen LogP contribution in [0.15, 0.2) is 6.20 Å². The lowest BCUT2D eigenvalue weighted by Crippen LogP contribution is -2.62. The summed E-state index contributed by atoms with van der Waals surface area (Å²) in [7, 11) is 0. The number of aryl methyl sites for hydroxylation is 1. The van der Waals surface area contributed by atoms with Crippen molar-refractivity contribution in [1.29, 1.82) is 0 Å². The van der Waals surface area contributed by atoms with E-state index in [0.29, 0.717) is 17.6 Å². The molecule has 2 aliphatic carbocycles. The molecule has 3 rings (SSSR count). The molecule has 4 heteroatoms. The second-order valence-electron chi connectivity index (χ2n) is 6.07. The molecular formula is C15H25N3O. The summed E-state index contributed by atoms with van der Waals surface area (Å²) in [6, 6.07) is 0.626. The number of aromatic amines is 1. The van der Waals surface area contributed by atoms with Crippen LogP contribution in [0.4, 0.5) is 0 Å². The second kappa shape index (κ2) is 5.25. The number of hydrogen-bond acceptors (Lipinski definition) is 3. The minimum absolute atomic E-state index is 0.424. The zero-order chi connectivity index (χ0) is 13.3. The third-order valence-electron chi connectivity index (χ3n) is 5.16. The maximum Gasteiger partial charge on any atom is 0.0661 e. The summed E-state index contributed by atoms with van der Waals surface area (Å²) < 4.78 is 5.95. The predicted molar refractivity (Wildman–Crippen MR) is 74.9 cm³/mol. The van der Waals surface area contributed by atoms with Gasteiger partial charge in [0.25, 0.3) is 0 Å². The summed E-state index contributed by atoms with van der Waals surface area (Å²) in [5.41, 5.74) is 2.88. The Hall–Kier alpha value is -0.870. The maximum absolute atomic E-state index is 5.95. The monoisotopic (exact) mass is 263 g/mol. The fraction of sp³-hybridized carbons (Fsp3) is 0.800. The molecule has 2 fully saturated rings. The van der Waals surface area contributed by atoms with Gasteiger partial charge in [0, 0.05) is 35.9 Å². The quantitative estimate of drug-likeness (QED) is 0.858. The SMILES string of the molecule is CCO[C@H]1C[C@H](NCc2cn[nH]c2C)C12CCCC2. The Balaban J connectivity index is 1.61. The summed E-state index contributed by atoms with van der Waals surface area (Å²) in [6.45, 7) is 5.96. The highest BCUT2D eigenvalue weighted by atomic mass is 16.5. The van der Waals surface area contributed by atoms with E-state index >= 15 is 0 Å². The van der Waals surface area contributed by atoms with Crippen LogP contribution in [-0.4, -0.2) is 29.0 Å². The van der Waals surface area contributed by atoms with Crippen molar-refractivity contribution in [1.82, 2.24) is 15.5 Å². The van der Waals surface area contributed by atoms with E-state index < -0.39 is 0 Å². The first-order valence-electron chi connectivity index (χ1n) is 7.60. The summed E-state index contributed by atoms with van der Waals surface area (Å²) in [5, 5.41) is 10.8. The zero-order valence-electron chi connectivity index (χ0n) is 12.0. The van der Waals surface area contributed by atoms with Crippen molar-refractivity contribution in [2.45, 2.75) is 64.6 Å². The van der Waals surface area contributed by atoms with Crippen LogP contribution < -0.4 is 5.32 Å². The van der Waals surface area contributed by atoms with Gasteiger partial charge in [0.15, 0.2) is 0 Å². The molecule has 2 N–H and O–H groups in total. The predicted octanol–water partition coefficient (Wildman–Crippen LogP) is 2.55. The van der Waals surface area contributed by atoms with Crippen LogP contribution in [-0.2, 0) is 11.3 Å². The number of aromatic nitrogens is 2. The molecule has 1 aromatic heterocycles. The van der Waals surface area contributed by atoms with E-state index in [1.807, 2.05) is 6.20 Å². The number of H-pyrrole nitrogens is 1. The van der Waals surface area contributed by atoms with Crippen LogP contribution >= 0.6 is 0 Å². The Morgan fingerprint density at radius 2 is 2.26 bits per heavy atom. The van der Waals surface area contributed by atoms with Gasteiger partial charge in [0.2, 0.25) is 0 Å². The molecule has 2 saturated carbocycles. The van der Waals surface area contributed by atoms with Crippen molar-refractivity contribution >= 4 is 0 Å². The molecule has 2 atom stereocenters. The van der Waals surface area contributed by atoms with Crippen molar-refractivity contribution in [2.75, 3.05) is 6.61 Å². The topological polar surface area (TPSA) is 49.9 Å². The van der Waals surface area contributed by atoms with Crippen molar-refractivity contribution < 1.29 is 4.74 Å². The molecule has 1 heterocycles. The molecule has 0 aliphatic heterocycles. The van der Waals surface area contributed by atoms with Crippen molar-refractivity contribution in [2.24, 2.45) is 5.41 Å². The smallest absolute Gasteiger partial charge is 0.0661 e. The van der Waals surface area contributed by atoms with E-state index in [1.54, 1.807) is 0 Å². The minimum atomic E-state index is 0.424. The van der Waals surface area contributed by atoms with Crippen molar-refractivity contribution in [3.05, 3.63) is 17.5 Å². The van der Waals surface area contributed by atoms with Gasteiger partial charge in [-0.2, -0.15) is 5.10 Å². The minimum Gasteiger partial charge on any atom is -0.378 e. The number of nitrogens with one attached hydrogen (secondary N) is 2. The van der Waals surface area contributed by atoms with Crippen LogP contribution in [0.5, 0.6) is 0 Å². The third kappa shape index (κ3) is 2.21. The highest BCUT2D eigenvalue weighted by molar-refractivity contribution is 5.16. The molecule has 0 radical (unpaired) electrons. The van der Waals surface area contributed by atoms with Crippen LogP contribution in [0.25, 0.3) is 0 Å². The Labute approximate surface area is 115 Å². The largest absolute Gasteiger partial charge is 0.378 e. The van der Waals surface area contributed by atoms with Gasteiger partial charge in [-0.25, -0.2) is 0 Å². The van der Waals surface area contributed by atoms with Crippen molar-refractivity contribution in [3.63, 3.8) is 0 Å². The van der Waals surface area contributed by atoms with E-state index in [0.717, 1.165) is 13.2 Å². The molecule has 4 nitrogen and oxygen atoms in total. The highest BCUT2D eigenvalue weighted by Gasteiger charge is 2.56. The van der Waals surface area contributed by atoms with E-state index in [-0.39, 0.29) is 0 Å². The molecular weight excluding hydrogens is 238 g/mol. The van der Waals surface area contributed by atoms with Crippen LogP contribution in [0.3, 0.4) is 0 Å². The number of nitrogens with zero attached hydrogens (tertiary/aromatic N) is 1. The Morgan fingerprint density at radius 3 is 2.89 bits per heavy atom. The first-order valence-corrected chi connectivity index (χ1v) is 7.60. The van der Waals surface area contributed by atoms with Gasteiger partial charge in [-0.1, -0.05) is 12.8 Å². The molecule has 0 unspecified atom stereocenters. The van der Waals surface area contributed by atoms with Crippen LogP contribution in [0.2, 0.25) is 0 Å². The van der Waals surface area contributed by atoms with Crippen LogP contribution in [0.1, 0.15) is 50.3 Å². The zero-order valence-corrected chi connectivity index (χ0v) is 12.0. The molecule has 106 valence electrons. The molecule has 0 amide bonds. The second-order valence-corrected chi connectivity index (χ2v) is 6.07. The molecule has 1 spiro atoms. The van der Waals surface area contributed by atoms with E-state index in [9.17, 15) is 0 Å². The number of hydrogen-bond donors (Lipinski definition) is 2. The molecule has 19 heavy (non-hydrogen) atoms.